The van der Waals surface area contributed by atoms with Gasteiger partial charge in [-0.3, -0.25) is 0 Å². The molecule has 2 rings (SSSR count). The fraction of sp³-hybridized carbons (Fsp3) is 0.333. The Labute approximate surface area is 100 Å². The molecule has 1 aromatic carbocycles. The van der Waals surface area contributed by atoms with E-state index in [1.54, 1.807) is 18.1 Å². The summed E-state index contributed by atoms with van der Waals surface area (Å²) < 4.78 is 7.10. The van der Waals surface area contributed by atoms with Gasteiger partial charge >= 0.3 is 0 Å². The van der Waals surface area contributed by atoms with Crippen molar-refractivity contribution in [1.82, 2.24) is 14.8 Å². The Morgan fingerprint density at radius 3 is 2.94 bits per heavy atom. The van der Waals surface area contributed by atoms with Gasteiger partial charge in [-0.25, -0.2) is 9.67 Å². The van der Waals surface area contributed by atoms with Crippen LogP contribution in [0.15, 0.2) is 30.9 Å². The van der Waals surface area contributed by atoms with Crippen molar-refractivity contribution in [2.75, 3.05) is 13.7 Å². The zero-order valence-corrected chi connectivity index (χ0v) is 9.84. The van der Waals surface area contributed by atoms with Gasteiger partial charge in [-0.2, -0.15) is 5.10 Å². The maximum Gasteiger partial charge on any atom is 0.137 e. The Balaban J connectivity index is 2.25. The summed E-state index contributed by atoms with van der Waals surface area (Å²) in [5.41, 5.74) is 7.86. The molecule has 0 spiro atoms. The number of ether oxygens (including phenoxy) is 1. The van der Waals surface area contributed by atoms with Gasteiger partial charge in [0.1, 0.15) is 18.4 Å². The predicted molar refractivity (Wildman–Crippen MR) is 64.9 cm³/mol. The van der Waals surface area contributed by atoms with Crippen molar-refractivity contribution in [3.8, 4) is 5.75 Å². The van der Waals surface area contributed by atoms with Crippen LogP contribution < -0.4 is 10.5 Å². The van der Waals surface area contributed by atoms with E-state index >= 15 is 0 Å². The zero-order chi connectivity index (χ0) is 12.1. The monoisotopic (exact) mass is 232 g/mol. The molecule has 0 fully saturated rings. The summed E-state index contributed by atoms with van der Waals surface area (Å²) in [5.74, 6) is 0.862. The summed E-state index contributed by atoms with van der Waals surface area (Å²) in [4.78, 5) is 3.92. The third-order valence-electron chi connectivity index (χ3n) is 2.58. The Hall–Kier alpha value is -1.88. The molecule has 0 unspecified atom stereocenters. The highest BCUT2D eigenvalue weighted by Gasteiger charge is 2.05. The van der Waals surface area contributed by atoms with E-state index < -0.39 is 0 Å². The second-order valence-corrected chi connectivity index (χ2v) is 3.78. The van der Waals surface area contributed by atoms with Gasteiger partial charge in [0.05, 0.1) is 13.7 Å². The van der Waals surface area contributed by atoms with Crippen molar-refractivity contribution < 1.29 is 4.74 Å². The third-order valence-corrected chi connectivity index (χ3v) is 2.58. The molecule has 0 amide bonds. The van der Waals surface area contributed by atoms with E-state index in [1.165, 1.54) is 11.9 Å². The van der Waals surface area contributed by atoms with Gasteiger partial charge < -0.3 is 10.5 Å². The molecule has 1 heterocycles. The maximum atomic E-state index is 5.56. The largest absolute Gasteiger partial charge is 0.496 e. The normalized spacial score (nSPS) is 10.5. The number of rotatable bonds is 5. The minimum absolute atomic E-state index is 0.648. The fourth-order valence-corrected chi connectivity index (χ4v) is 1.77. The summed E-state index contributed by atoms with van der Waals surface area (Å²) in [5, 5.41) is 4.09. The van der Waals surface area contributed by atoms with Crippen molar-refractivity contribution in [3.05, 3.63) is 42.0 Å². The van der Waals surface area contributed by atoms with Crippen LogP contribution in [0.1, 0.15) is 11.1 Å². The molecule has 5 nitrogen and oxygen atoms in total. The minimum Gasteiger partial charge on any atom is -0.496 e. The fourth-order valence-electron chi connectivity index (χ4n) is 1.77. The van der Waals surface area contributed by atoms with Gasteiger partial charge in [-0.15, -0.1) is 0 Å². The van der Waals surface area contributed by atoms with Gasteiger partial charge in [0.2, 0.25) is 0 Å². The summed E-state index contributed by atoms with van der Waals surface area (Å²) in [6.45, 7) is 1.30. The summed E-state index contributed by atoms with van der Waals surface area (Å²) in [6, 6.07) is 6.11. The van der Waals surface area contributed by atoms with E-state index in [-0.39, 0.29) is 0 Å². The van der Waals surface area contributed by atoms with Crippen LogP contribution in [0.3, 0.4) is 0 Å². The molecule has 0 saturated carbocycles. The smallest absolute Gasteiger partial charge is 0.137 e. The first-order chi connectivity index (χ1) is 8.33. The molecule has 5 heteroatoms. The molecule has 0 atom stereocenters. The minimum atomic E-state index is 0.648. The Kier molecular flexibility index (Phi) is 3.72. The lowest BCUT2D eigenvalue weighted by atomic mass is 10.1. The van der Waals surface area contributed by atoms with E-state index in [1.807, 2.05) is 12.1 Å². The number of methoxy groups -OCH3 is 1. The number of aromatic nitrogens is 3. The third kappa shape index (κ3) is 2.82. The molecule has 0 aliphatic heterocycles. The topological polar surface area (TPSA) is 66.0 Å². The van der Waals surface area contributed by atoms with Crippen LogP contribution in [0.4, 0.5) is 0 Å². The first-order valence-electron chi connectivity index (χ1n) is 5.51. The lowest BCUT2D eigenvalue weighted by Gasteiger charge is -2.10. The lowest BCUT2D eigenvalue weighted by molar-refractivity contribution is 0.407. The molecule has 0 saturated heterocycles. The predicted octanol–water partition coefficient (Wildman–Crippen LogP) is 0.836. The molecule has 0 bridgehead atoms. The maximum absolute atomic E-state index is 5.56. The van der Waals surface area contributed by atoms with E-state index in [9.17, 15) is 0 Å². The molecule has 0 aliphatic carbocycles. The zero-order valence-electron chi connectivity index (χ0n) is 9.84. The van der Waals surface area contributed by atoms with Gasteiger partial charge in [0.15, 0.2) is 0 Å². The quantitative estimate of drug-likeness (QED) is 0.829. The molecule has 90 valence electrons. The number of hydrogen-bond donors (Lipinski definition) is 1. The van der Waals surface area contributed by atoms with Crippen LogP contribution in [0.2, 0.25) is 0 Å². The first kappa shape index (κ1) is 11.6. The Morgan fingerprint density at radius 2 is 2.29 bits per heavy atom. The second-order valence-electron chi connectivity index (χ2n) is 3.78. The SMILES string of the molecule is COc1ccc(CCN)cc1Cn1cncn1. The highest BCUT2D eigenvalue weighted by Crippen LogP contribution is 2.20. The van der Waals surface area contributed by atoms with Gasteiger partial charge in [-0.1, -0.05) is 12.1 Å². The number of hydrogen-bond acceptors (Lipinski definition) is 4. The summed E-state index contributed by atoms with van der Waals surface area (Å²) in [7, 11) is 1.67. The molecular weight excluding hydrogens is 216 g/mol. The van der Waals surface area contributed by atoms with Gasteiger partial charge in [0, 0.05) is 5.56 Å². The van der Waals surface area contributed by atoms with Crippen LogP contribution in [-0.4, -0.2) is 28.4 Å². The van der Waals surface area contributed by atoms with Crippen molar-refractivity contribution >= 4 is 0 Å². The van der Waals surface area contributed by atoms with Crippen LogP contribution in [-0.2, 0) is 13.0 Å². The number of nitrogens with two attached hydrogens (primary N) is 1. The van der Waals surface area contributed by atoms with E-state index in [4.69, 9.17) is 10.5 Å². The highest BCUT2D eigenvalue weighted by atomic mass is 16.5. The van der Waals surface area contributed by atoms with Crippen LogP contribution in [0.5, 0.6) is 5.75 Å². The Morgan fingerprint density at radius 1 is 1.41 bits per heavy atom. The van der Waals surface area contributed by atoms with E-state index in [0.717, 1.165) is 17.7 Å². The van der Waals surface area contributed by atoms with Crippen LogP contribution in [0, 0.1) is 0 Å². The van der Waals surface area contributed by atoms with Crippen molar-refractivity contribution in [1.29, 1.82) is 0 Å². The highest BCUT2D eigenvalue weighted by molar-refractivity contribution is 5.37. The molecule has 0 radical (unpaired) electrons. The van der Waals surface area contributed by atoms with Crippen molar-refractivity contribution in [2.45, 2.75) is 13.0 Å². The summed E-state index contributed by atoms with van der Waals surface area (Å²) in [6.07, 6.45) is 4.08. The van der Waals surface area contributed by atoms with Crippen molar-refractivity contribution in [2.24, 2.45) is 5.73 Å². The molecule has 2 N–H and O–H groups in total. The average molecular weight is 232 g/mol. The number of benzene rings is 1. The Bertz CT molecular complexity index is 467. The van der Waals surface area contributed by atoms with Crippen LogP contribution >= 0.6 is 0 Å². The standard InChI is InChI=1S/C12H16N4O/c1-17-12-3-2-10(4-5-13)6-11(12)7-16-9-14-8-15-16/h2-3,6,8-9H,4-5,7,13H2,1H3. The molecular formula is C12H16N4O. The van der Waals surface area contributed by atoms with Crippen LogP contribution in [0.25, 0.3) is 0 Å². The van der Waals surface area contributed by atoms with Gasteiger partial charge in [-0.05, 0) is 24.6 Å². The van der Waals surface area contributed by atoms with E-state index in [2.05, 4.69) is 16.1 Å². The molecule has 17 heavy (non-hydrogen) atoms. The molecule has 0 aliphatic rings. The molecule has 1 aromatic heterocycles. The average Bonchev–Trinajstić information content (AvgIpc) is 2.83. The second kappa shape index (κ2) is 5.45. The summed E-state index contributed by atoms with van der Waals surface area (Å²) >= 11 is 0. The van der Waals surface area contributed by atoms with Crippen molar-refractivity contribution in [3.63, 3.8) is 0 Å². The molecule has 2 aromatic rings. The van der Waals surface area contributed by atoms with E-state index in [0.29, 0.717) is 13.1 Å². The lowest BCUT2D eigenvalue weighted by Crippen LogP contribution is -2.06. The number of nitrogens with zero attached hydrogens (tertiary/aromatic N) is 3. The van der Waals surface area contributed by atoms with Gasteiger partial charge in [0.25, 0.3) is 0 Å². The first-order valence-corrected chi connectivity index (χ1v) is 5.51.